The zero-order valence-electron chi connectivity index (χ0n) is 16.2. The quantitative estimate of drug-likeness (QED) is 0.669. The topological polar surface area (TPSA) is 75.3 Å². The molecule has 2 atom stereocenters. The number of fused-ring (bicyclic) bond motifs is 1. The van der Waals surface area contributed by atoms with Crippen LogP contribution in [0.15, 0.2) is 77.7 Å². The van der Waals surface area contributed by atoms with Crippen LogP contribution in [0.4, 0.5) is 5.69 Å². The van der Waals surface area contributed by atoms with E-state index < -0.39 is 16.1 Å². The highest BCUT2D eigenvalue weighted by molar-refractivity contribution is 7.89. The maximum Gasteiger partial charge on any atom is 0.241 e. The Morgan fingerprint density at radius 3 is 2.28 bits per heavy atom. The van der Waals surface area contributed by atoms with Crippen molar-refractivity contribution in [3.63, 3.8) is 0 Å². The van der Waals surface area contributed by atoms with Crippen molar-refractivity contribution in [2.45, 2.75) is 30.7 Å². The Kier molecular flexibility index (Phi) is 4.98. The van der Waals surface area contributed by atoms with Crippen LogP contribution in [0.25, 0.3) is 0 Å². The van der Waals surface area contributed by atoms with Crippen LogP contribution in [0.3, 0.4) is 0 Å². The molecule has 0 saturated heterocycles. The summed E-state index contributed by atoms with van der Waals surface area (Å²) in [6.07, 6.45) is 0. The third kappa shape index (κ3) is 3.81. The van der Waals surface area contributed by atoms with Gasteiger partial charge in [-0.25, -0.2) is 8.42 Å². The molecule has 1 aliphatic rings. The first-order valence-electron chi connectivity index (χ1n) is 9.44. The molecule has 0 unspecified atom stereocenters. The van der Waals surface area contributed by atoms with Crippen molar-refractivity contribution in [3.05, 3.63) is 95.1 Å². The summed E-state index contributed by atoms with van der Waals surface area (Å²) in [5.41, 5.74) is 4.18. The van der Waals surface area contributed by atoms with Gasteiger partial charge < -0.3 is 5.32 Å². The van der Waals surface area contributed by atoms with Crippen molar-refractivity contribution in [1.82, 2.24) is 4.72 Å². The second-order valence-corrected chi connectivity index (χ2v) is 9.05. The minimum atomic E-state index is -3.82. The molecule has 3 aromatic carbocycles. The summed E-state index contributed by atoms with van der Waals surface area (Å²) in [6, 6.07) is 21.5. The van der Waals surface area contributed by atoms with Gasteiger partial charge in [-0.05, 0) is 48.7 Å². The number of amides is 1. The molecule has 5 nitrogen and oxygen atoms in total. The summed E-state index contributed by atoms with van der Waals surface area (Å²) in [6.45, 7) is 3.76. The fourth-order valence-electron chi connectivity index (χ4n) is 3.52. The van der Waals surface area contributed by atoms with Crippen LogP contribution >= 0.6 is 0 Å². The fourth-order valence-corrected chi connectivity index (χ4v) is 4.77. The van der Waals surface area contributed by atoms with Gasteiger partial charge in [0.25, 0.3) is 0 Å². The highest BCUT2D eigenvalue weighted by Gasteiger charge is 2.29. The summed E-state index contributed by atoms with van der Waals surface area (Å²) in [7, 11) is -3.82. The van der Waals surface area contributed by atoms with E-state index in [1.165, 1.54) is 6.07 Å². The third-order valence-corrected chi connectivity index (χ3v) is 6.69. The van der Waals surface area contributed by atoms with Crippen molar-refractivity contribution in [1.29, 1.82) is 0 Å². The number of rotatable bonds is 5. The van der Waals surface area contributed by atoms with Gasteiger partial charge in [0.15, 0.2) is 0 Å². The lowest BCUT2D eigenvalue weighted by Crippen LogP contribution is -2.29. The number of nitrogens with one attached hydrogen (secondary N) is 2. The molecule has 1 aliphatic heterocycles. The zero-order valence-corrected chi connectivity index (χ0v) is 17.0. The van der Waals surface area contributed by atoms with Crippen molar-refractivity contribution in [3.8, 4) is 0 Å². The zero-order chi connectivity index (χ0) is 20.6. The molecule has 1 heterocycles. The fraction of sp³-hybridized carbons (Fsp3) is 0.174. The van der Waals surface area contributed by atoms with E-state index in [9.17, 15) is 13.2 Å². The number of sulfonamides is 1. The molecule has 0 radical (unpaired) electrons. The van der Waals surface area contributed by atoms with Crippen LogP contribution in [-0.4, -0.2) is 14.3 Å². The highest BCUT2D eigenvalue weighted by atomic mass is 32.2. The van der Waals surface area contributed by atoms with Gasteiger partial charge in [-0.2, -0.15) is 4.72 Å². The minimum absolute atomic E-state index is 0.121. The molecule has 2 N–H and O–H groups in total. The second kappa shape index (κ2) is 7.46. The number of hydrogen-bond acceptors (Lipinski definition) is 3. The molecule has 0 bridgehead atoms. The first kappa shape index (κ1) is 19.4. The molecule has 148 valence electrons. The Morgan fingerprint density at radius 2 is 1.59 bits per heavy atom. The Morgan fingerprint density at radius 1 is 0.931 bits per heavy atom. The Labute approximate surface area is 170 Å². The largest absolute Gasteiger partial charge is 0.325 e. The lowest BCUT2D eigenvalue weighted by Gasteiger charge is -2.20. The molecular weight excluding hydrogens is 384 g/mol. The summed E-state index contributed by atoms with van der Waals surface area (Å²) in [5, 5.41) is 2.77. The Bertz CT molecular complexity index is 1160. The molecular formula is C23H22N2O3S. The molecule has 1 amide bonds. The number of carbonyl (C=O) groups excluding carboxylic acids is 1. The van der Waals surface area contributed by atoms with Gasteiger partial charge in [0.2, 0.25) is 15.9 Å². The smallest absolute Gasteiger partial charge is 0.241 e. The lowest BCUT2D eigenvalue weighted by molar-refractivity contribution is -0.116. The summed E-state index contributed by atoms with van der Waals surface area (Å²) in [4.78, 5) is 12.0. The molecule has 0 fully saturated rings. The van der Waals surface area contributed by atoms with Gasteiger partial charge in [-0.1, -0.05) is 60.2 Å². The number of carbonyl (C=O) groups is 1. The monoisotopic (exact) mass is 406 g/mol. The lowest BCUT2D eigenvalue weighted by atomic mass is 9.99. The number of aryl methyl sites for hydroxylation is 1. The first-order valence-corrected chi connectivity index (χ1v) is 10.9. The van der Waals surface area contributed by atoms with E-state index in [0.717, 1.165) is 16.7 Å². The second-order valence-electron chi connectivity index (χ2n) is 7.34. The average Bonchev–Trinajstić information content (AvgIpc) is 3.01. The van der Waals surface area contributed by atoms with Crippen molar-refractivity contribution in [2.75, 3.05) is 5.32 Å². The average molecular weight is 407 g/mol. The molecule has 3 aromatic rings. The molecule has 4 rings (SSSR count). The number of anilines is 1. The van der Waals surface area contributed by atoms with Crippen molar-refractivity contribution in [2.24, 2.45) is 0 Å². The summed E-state index contributed by atoms with van der Waals surface area (Å²) in [5.74, 6) is -0.494. The third-order valence-electron chi connectivity index (χ3n) is 5.27. The standard InChI is InChI=1S/C23H22N2O3S/c1-15-8-10-18(11-9-15)22(17-6-4-3-5-7-17)25-29(27,28)19-12-13-21-20(14-19)16(2)23(26)24-21/h3-14,16,22,25H,1-2H3,(H,24,26)/t16-,22-/m1/s1. The summed E-state index contributed by atoms with van der Waals surface area (Å²) >= 11 is 0. The molecule has 0 saturated carbocycles. The molecule has 0 aromatic heterocycles. The van der Waals surface area contributed by atoms with E-state index in [1.807, 2.05) is 61.5 Å². The van der Waals surface area contributed by atoms with Crippen LogP contribution in [0.1, 0.15) is 41.1 Å². The summed E-state index contributed by atoms with van der Waals surface area (Å²) < 4.78 is 29.3. The number of benzene rings is 3. The van der Waals surface area contributed by atoms with E-state index in [1.54, 1.807) is 19.1 Å². The van der Waals surface area contributed by atoms with Crippen molar-refractivity contribution < 1.29 is 13.2 Å². The van der Waals surface area contributed by atoms with E-state index in [2.05, 4.69) is 10.0 Å². The highest BCUT2D eigenvalue weighted by Crippen LogP contribution is 2.34. The van der Waals surface area contributed by atoms with Crippen LogP contribution in [-0.2, 0) is 14.8 Å². The van der Waals surface area contributed by atoms with Gasteiger partial charge >= 0.3 is 0 Å². The van der Waals surface area contributed by atoms with E-state index >= 15 is 0 Å². The predicted molar refractivity (Wildman–Crippen MR) is 113 cm³/mol. The van der Waals surface area contributed by atoms with E-state index in [0.29, 0.717) is 11.3 Å². The molecule has 0 spiro atoms. The van der Waals surface area contributed by atoms with E-state index in [-0.39, 0.29) is 16.7 Å². The van der Waals surface area contributed by atoms with E-state index in [4.69, 9.17) is 0 Å². The van der Waals surface area contributed by atoms with Gasteiger partial charge in [0.1, 0.15) is 0 Å². The normalized spacial score (nSPS) is 16.9. The number of hydrogen-bond donors (Lipinski definition) is 2. The Balaban J connectivity index is 1.72. The maximum absolute atomic E-state index is 13.2. The Hall–Kier alpha value is -2.96. The van der Waals surface area contributed by atoms with Gasteiger partial charge in [-0.3, -0.25) is 4.79 Å². The maximum atomic E-state index is 13.2. The van der Waals surface area contributed by atoms with Crippen LogP contribution in [0, 0.1) is 6.92 Å². The van der Waals surface area contributed by atoms with Crippen LogP contribution in [0.2, 0.25) is 0 Å². The SMILES string of the molecule is Cc1ccc([C@H](NS(=O)(=O)c2ccc3c(c2)[C@@H](C)C(=O)N3)c2ccccc2)cc1. The van der Waals surface area contributed by atoms with Crippen molar-refractivity contribution >= 4 is 21.6 Å². The minimum Gasteiger partial charge on any atom is -0.325 e. The predicted octanol–water partition coefficient (Wildman–Crippen LogP) is 4.12. The van der Waals surface area contributed by atoms with Gasteiger partial charge in [0, 0.05) is 5.69 Å². The first-order chi connectivity index (χ1) is 13.8. The van der Waals surface area contributed by atoms with Gasteiger partial charge in [0.05, 0.1) is 16.9 Å². The molecule has 6 heteroatoms. The molecule has 0 aliphatic carbocycles. The van der Waals surface area contributed by atoms with Gasteiger partial charge in [-0.15, -0.1) is 0 Å². The van der Waals surface area contributed by atoms with Crippen LogP contribution < -0.4 is 10.0 Å². The molecule has 29 heavy (non-hydrogen) atoms. The van der Waals surface area contributed by atoms with Crippen LogP contribution in [0.5, 0.6) is 0 Å².